The second kappa shape index (κ2) is 7.48. The van der Waals surface area contributed by atoms with Crippen LogP contribution < -0.4 is 0 Å². The van der Waals surface area contributed by atoms with Crippen molar-refractivity contribution >= 4 is 10.4 Å². The van der Waals surface area contributed by atoms with Gasteiger partial charge in [0.05, 0.1) is 7.11 Å². The first-order valence-corrected chi connectivity index (χ1v) is 4.95. The van der Waals surface area contributed by atoms with Crippen LogP contribution in [0.25, 0.3) is 0 Å². The van der Waals surface area contributed by atoms with E-state index in [-0.39, 0.29) is 0 Å². The van der Waals surface area contributed by atoms with E-state index >= 15 is 0 Å². The topological polar surface area (TPSA) is 66.8 Å². The SMILES string of the molecule is CCN(C)CC.COS(=O)(=O)O. The largest absolute Gasteiger partial charge is 0.397 e. The number of hydrogen-bond donors (Lipinski definition) is 1. The highest BCUT2D eigenvalue weighted by atomic mass is 32.3. The van der Waals surface area contributed by atoms with E-state index in [0.29, 0.717) is 0 Å². The predicted octanol–water partition coefficient (Wildman–Crippen LogP) is 0.394. The van der Waals surface area contributed by atoms with Gasteiger partial charge in [0.25, 0.3) is 0 Å². The quantitative estimate of drug-likeness (QED) is 0.666. The fraction of sp³-hybridized carbons (Fsp3) is 1.00. The molecule has 0 aliphatic heterocycles. The van der Waals surface area contributed by atoms with Crippen LogP contribution in [0, 0.1) is 0 Å². The molecule has 12 heavy (non-hydrogen) atoms. The van der Waals surface area contributed by atoms with Gasteiger partial charge in [-0.05, 0) is 20.1 Å². The summed E-state index contributed by atoms with van der Waals surface area (Å²) in [5.74, 6) is 0. The summed E-state index contributed by atoms with van der Waals surface area (Å²) in [4.78, 5) is 2.25. The van der Waals surface area contributed by atoms with Gasteiger partial charge >= 0.3 is 10.4 Å². The van der Waals surface area contributed by atoms with E-state index in [1.165, 1.54) is 0 Å². The molecule has 0 atom stereocenters. The summed E-state index contributed by atoms with van der Waals surface area (Å²) in [6.07, 6.45) is 0. The van der Waals surface area contributed by atoms with Crippen LogP contribution in [0.15, 0.2) is 0 Å². The van der Waals surface area contributed by atoms with Gasteiger partial charge in [-0.25, -0.2) is 0 Å². The highest BCUT2D eigenvalue weighted by molar-refractivity contribution is 7.80. The molecule has 5 nitrogen and oxygen atoms in total. The van der Waals surface area contributed by atoms with Crippen LogP contribution in [0.1, 0.15) is 13.8 Å². The van der Waals surface area contributed by atoms with Crippen LogP contribution in [0.2, 0.25) is 0 Å². The Morgan fingerprint density at radius 2 is 1.58 bits per heavy atom. The molecule has 0 rings (SSSR count). The molecule has 1 N–H and O–H groups in total. The summed E-state index contributed by atoms with van der Waals surface area (Å²) >= 11 is 0. The molecule has 0 bridgehead atoms. The lowest BCUT2D eigenvalue weighted by atomic mass is 10.6. The van der Waals surface area contributed by atoms with Gasteiger partial charge in [-0.15, -0.1) is 0 Å². The maximum atomic E-state index is 9.33. The normalized spacial score (nSPS) is 10.8. The molecule has 0 radical (unpaired) electrons. The van der Waals surface area contributed by atoms with E-state index in [9.17, 15) is 8.42 Å². The summed E-state index contributed by atoms with van der Waals surface area (Å²) < 4.78 is 29.7. The molecule has 0 saturated heterocycles. The summed E-state index contributed by atoms with van der Waals surface area (Å²) in [6, 6.07) is 0. The van der Waals surface area contributed by atoms with Crippen LogP contribution in [-0.4, -0.2) is 45.1 Å². The van der Waals surface area contributed by atoms with Gasteiger partial charge in [0.15, 0.2) is 0 Å². The van der Waals surface area contributed by atoms with E-state index in [1.54, 1.807) is 0 Å². The van der Waals surface area contributed by atoms with E-state index in [0.717, 1.165) is 20.2 Å². The lowest BCUT2D eigenvalue weighted by molar-refractivity contribution is 0.324. The zero-order valence-corrected chi connectivity index (χ0v) is 8.76. The lowest BCUT2D eigenvalue weighted by Gasteiger charge is -2.07. The maximum absolute atomic E-state index is 9.33. The van der Waals surface area contributed by atoms with Crippen LogP contribution >= 0.6 is 0 Å². The number of rotatable bonds is 3. The Morgan fingerprint density at radius 1 is 1.33 bits per heavy atom. The summed E-state index contributed by atoms with van der Waals surface area (Å²) in [5.41, 5.74) is 0. The van der Waals surface area contributed by atoms with Gasteiger partial charge < -0.3 is 4.90 Å². The van der Waals surface area contributed by atoms with Crippen molar-refractivity contribution in [2.75, 3.05) is 27.2 Å². The fourth-order valence-electron chi connectivity index (χ4n) is 0.224. The van der Waals surface area contributed by atoms with Crippen molar-refractivity contribution in [2.24, 2.45) is 0 Å². The molecular formula is C6H17NO4S. The van der Waals surface area contributed by atoms with Gasteiger partial charge in [-0.3, -0.25) is 8.74 Å². The average Bonchev–Trinajstić information content (AvgIpc) is 2.03. The van der Waals surface area contributed by atoms with Crippen molar-refractivity contribution in [1.82, 2.24) is 4.90 Å². The fourth-order valence-corrected chi connectivity index (χ4v) is 0.224. The molecule has 0 aromatic heterocycles. The Labute approximate surface area is 74.3 Å². The predicted molar refractivity (Wildman–Crippen MR) is 47.4 cm³/mol. The summed E-state index contributed by atoms with van der Waals surface area (Å²) in [5, 5.41) is 0. The third kappa shape index (κ3) is 16.4. The molecule has 6 heteroatoms. The molecule has 0 aromatic carbocycles. The molecule has 0 unspecified atom stereocenters. The highest BCUT2D eigenvalue weighted by Crippen LogP contribution is 1.75. The average molecular weight is 199 g/mol. The van der Waals surface area contributed by atoms with Crippen LogP contribution in [-0.2, 0) is 14.6 Å². The summed E-state index contributed by atoms with van der Waals surface area (Å²) in [6.45, 7) is 6.64. The van der Waals surface area contributed by atoms with Crippen molar-refractivity contribution in [2.45, 2.75) is 13.8 Å². The van der Waals surface area contributed by atoms with E-state index in [2.05, 4.69) is 30.0 Å². The van der Waals surface area contributed by atoms with Gasteiger partial charge in [0.1, 0.15) is 0 Å². The van der Waals surface area contributed by atoms with Crippen molar-refractivity contribution in [3.63, 3.8) is 0 Å². The zero-order valence-electron chi connectivity index (χ0n) is 7.94. The maximum Gasteiger partial charge on any atom is 0.397 e. The van der Waals surface area contributed by atoms with Crippen LogP contribution in [0.4, 0.5) is 0 Å². The molecule has 0 aliphatic carbocycles. The first kappa shape index (κ1) is 14.4. The van der Waals surface area contributed by atoms with Crippen molar-refractivity contribution in [3.05, 3.63) is 0 Å². The standard InChI is InChI=1S/C5H13N.CH4O4S/c1-4-6(3)5-2;1-5-6(2,3)4/h4-5H2,1-3H3;1H3,(H,2,3,4). The minimum absolute atomic E-state index is 0.870. The van der Waals surface area contributed by atoms with Crippen molar-refractivity contribution in [1.29, 1.82) is 0 Å². The summed E-state index contributed by atoms with van der Waals surface area (Å²) in [7, 11) is -1.18. The minimum atomic E-state index is -4.16. The molecule has 0 heterocycles. The third-order valence-corrected chi connectivity index (χ3v) is 1.71. The van der Waals surface area contributed by atoms with E-state index < -0.39 is 10.4 Å². The second-order valence-corrected chi connectivity index (χ2v) is 3.27. The Balaban J connectivity index is 0. The Morgan fingerprint density at radius 3 is 1.58 bits per heavy atom. The molecule has 0 amide bonds. The number of nitrogens with zero attached hydrogens (tertiary/aromatic N) is 1. The Bertz CT molecular complexity index is 174. The molecule has 0 aliphatic rings. The lowest BCUT2D eigenvalue weighted by Crippen LogP contribution is -2.15. The Kier molecular flexibility index (Phi) is 8.95. The van der Waals surface area contributed by atoms with Crippen LogP contribution in [0.5, 0.6) is 0 Å². The van der Waals surface area contributed by atoms with Crippen molar-refractivity contribution in [3.8, 4) is 0 Å². The van der Waals surface area contributed by atoms with E-state index in [1.807, 2.05) is 0 Å². The first-order valence-electron chi connectivity index (χ1n) is 3.58. The van der Waals surface area contributed by atoms with Gasteiger partial charge in [-0.1, -0.05) is 13.8 Å². The van der Waals surface area contributed by atoms with Gasteiger partial charge in [0, 0.05) is 0 Å². The van der Waals surface area contributed by atoms with Gasteiger partial charge in [-0.2, -0.15) is 8.42 Å². The minimum Gasteiger partial charge on any atom is -0.307 e. The molecule has 0 fully saturated rings. The van der Waals surface area contributed by atoms with Crippen LogP contribution in [0.3, 0.4) is 0 Å². The van der Waals surface area contributed by atoms with Gasteiger partial charge in [0.2, 0.25) is 0 Å². The van der Waals surface area contributed by atoms with E-state index in [4.69, 9.17) is 4.55 Å². The number of hydrogen-bond acceptors (Lipinski definition) is 4. The Hall–Kier alpha value is -0.170. The molecule has 0 aromatic rings. The van der Waals surface area contributed by atoms with Crippen molar-refractivity contribution < 1.29 is 17.2 Å². The smallest absolute Gasteiger partial charge is 0.307 e. The zero-order chi connectivity index (χ0) is 10.2. The molecule has 0 spiro atoms. The molecular weight excluding hydrogens is 182 g/mol. The monoisotopic (exact) mass is 199 g/mol. The molecule has 0 saturated carbocycles. The first-order chi connectivity index (χ1) is 5.37. The third-order valence-electron chi connectivity index (χ3n) is 1.29. The second-order valence-electron chi connectivity index (χ2n) is 2.08. The highest BCUT2D eigenvalue weighted by Gasteiger charge is 1.94. The molecule has 76 valence electrons.